The number of nitrogens with zero attached hydrogens (tertiary/aromatic N) is 1. The van der Waals surface area contributed by atoms with Crippen molar-refractivity contribution >= 4 is 17.8 Å². The SMILES string of the molecule is c1ccc(-c2ccc(SNc3ccon3)cc2)cc1. The summed E-state index contributed by atoms with van der Waals surface area (Å²) in [6.45, 7) is 0. The highest BCUT2D eigenvalue weighted by Gasteiger charge is 1.99. The van der Waals surface area contributed by atoms with E-state index in [2.05, 4.69) is 46.3 Å². The van der Waals surface area contributed by atoms with Crippen molar-refractivity contribution in [2.45, 2.75) is 4.90 Å². The van der Waals surface area contributed by atoms with Gasteiger partial charge in [-0.15, -0.1) is 0 Å². The number of anilines is 1. The fraction of sp³-hybridized carbons (Fsp3) is 0. The highest BCUT2D eigenvalue weighted by Crippen LogP contribution is 2.24. The molecular formula is C15H12N2OS. The van der Waals surface area contributed by atoms with E-state index in [-0.39, 0.29) is 0 Å². The smallest absolute Gasteiger partial charge is 0.179 e. The van der Waals surface area contributed by atoms with E-state index >= 15 is 0 Å². The van der Waals surface area contributed by atoms with Crippen LogP contribution in [-0.2, 0) is 0 Å². The van der Waals surface area contributed by atoms with Crippen LogP contribution in [0.5, 0.6) is 0 Å². The van der Waals surface area contributed by atoms with Gasteiger partial charge >= 0.3 is 0 Å². The van der Waals surface area contributed by atoms with E-state index in [9.17, 15) is 0 Å². The van der Waals surface area contributed by atoms with Crippen LogP contribution in [0.2, 0.25) is 0 Å². The van der Waals surface area contributed by atoms with Crippen LogP contribution in [0.3, 0.4) is 0 Å². The average molecular weight is 268 g/mol. The topological polar surface area (TPSA) is 38.1 Å². The van der Waals surface area contributed by atoms with E-state index in [0.29, 0.717) is 0 Å². The lowest BCUT2D eigenvalue weighted by molar-refractivity contribution is 0.423. The first kappa shape index (κ1) is 11.9. The Morgan fingerprint density at radius 3 is 2.26 bits per heavy atom. The molecule has 3 nitrogen and oxygen atoms in total. The van der Waals surface area contributed by atoms with Crippen molar-refractivity contribution in [2.75, 3.05) is 4.72 Å². The lowest BCUT2D eigenvalue weighted by Crippen LogP contribution is -1.86. The molecule has 0 amide bonds. The summed E-state index contributed by atoms with van der Waals surface area (Å²) in [4.78, 5) is 1.13. The zero-order valence-corrected chi connectivity index (χ0v) is 10.9. The predicted octanol–water partition coefficient (Wildman–Crippen LogP) is 4.46. The Hall–Kier alpha value is -2.20. The molecule has 0 aliphatic rings. The Bertz CT molecular complexity index is 621. The van der Waals surface area contributed by atoms with E-state index in [1.165, 1.54) is 23.1 Å². The highest BCUT2D eigenvalue weighted by atomic mass is 32.2. The number of nitrogens with one attached hydrogen (secondary N) is 1. The molecule has 1 aromatic heterocycles. The number of benzene rings is 2. The third-order valence-electron chi connectivity index (χ3n) is 2.67. The molecule has 0 unspecified atom stereocenters. The molecular weight excluding hydrogens is 256 g/mol. The second-order valence-electron chi connectivity index (χ2n) is 3.98. The monoisotopic (exact) mass is 268 g/mol. The molecule has 0 aliphatic heterocycles. The molecule has 2 aromatic carbocycles. The van der Waals surface area contributed by atoms with E-state index in [1.54, 1.807) is 12.3 Å². The van der Waals surface area contributed by atoms with Gasteiger partial charge in [-0.2, -0.15) is 0 Å². The minimum absolute atomic E-state index is 0.720. The first-order valence-electron chi connectivity index (χ1n) is 5.90. The molecule has 3 rings (SSSR count). The largest absolute Gasteiger partial charge is 0.363 e. The molecule has 0 bridgehead atoms. The molecule has 3 aromatic rings. The van der Waals surface area contributed by atoms with Gasteiger partial charge in [-0.05, 0) is 35.2 Å². The second-order valence-corrected chi connectivity index (χ2v) is 4.86. The van der Waals surface area contributed by atoms with Crippen LogP contribution in [0.15, 0.2) is 76.3 Å². The third kappa shape index (κ3) is 2.98. The summed E-state index contributed by atoms with van der Waals surface area (Å²) in [5.74, 6) is 0.720. The first-order valence-corrected chi connectivity index (χ1v) is 6.72. The standard InChI is InChI=1S/C15H12N2OS/c1-2-4-12(5-3-1)13-6-8-14(9-7-13)19-17-15-10-11-18-16-15/h1-11H,(H,16,17). The normalized spacial score (nSPS) is 10.3. The van der Waals surface area contributed by atoms with Crippen molar-refractivity contribution < 1.29 is 4.52 Å². The third-order valence-corrected chi connectivity index (χ3v) is 3.49. The maximum absolute atomic E-state index is 4.75. The van der Waals surface area contributed by atoms with Gasteiger partial charge in [-0.1, -0.05) is 47.6 Å². The van der Waals surface area contributed by atoms with E-state index < -0.39 is 0 Å². The molecule has 1 heterocycles. The fourth-order valence-corrected chi connectivity index (χ4v) is 2.32. The molecule has 0 saturated carbocycles. The van der Waals surface area contributed by atoms with Crippen LogP contribution >= 0.6 is 11.9 Å². The van der Waals surface area contributed by atoms with Crippen molar-refractivity contribution in [3.05, 3.63) is 66.9 Å². The van der Waals surface area contributed by atoms with Crippen LogP contribution in [0.25, 0.3) is 11.1 Å². The molecule has 1 N–H and O–H groups in total. The number of hydrogen-bond donors (Lipinski definition) is 1. The molecule has 94 valence electrons. The van der Waals surface area contributed by atoms with E-state index in [1.807, 2.05) is 18.2 Å². The minimum atomic E-state index is 0.720. The Balaban J connectivity index is 1.69. The quantitative estimate of drug-likeness (QED) is 0.709. The number of rotatable bonds is 4. The summed E-state index contributed by atoms with van der Waals surface area (Å²) in [6, 6.07) is 20.5. The van der Waals surface area contributed by atoms with Crippen molar-refractivity contribution in [1.82, 2.24) is 5.16 Å². The Morgan fingerprint density at radius 1 is 0.842 bits per heavy atom. The van der Waals surface area contributed by atoms with Gasteiger partial charge in [-0.3, -0.25) is 0 Å². The summed E-state index contributed by atoms with van der Waals surface area (Å²) in [5, 5.41) is 3.79. The van der Waals surface area contributed by atoms with Gasteiger partial charge < -0.3 is 9.25 Å². The highest BCUT2D eigenvalue weighted by molar-refractivity contribution is 8.00. The van der Waals surface area contributed by atoms with Crippen molar-refractivity contribution in [2.24, 2.45) is 0 Å². The molecule has 4 heteroatoms. The van der Waals surface area contributed by atoms with Gasteiger partial charge in [0.1, 0.15) is 6.26 Å². The van der Waals surface area contributed by atoms with Gasteiger partial charge in [0.05, 0.1) is 0 Å². The van der Waals surface area contributed by atoms with Crippen LogP contribution in [0.4, 0.5) is 5.82 Å². The number of hydrogen-bond acceptors (Lipinski definition) is 4. The zero-order valence-electron chi connectivity index (χ0n) is 10.1. The zero-order chi connectivity index (χ0) is 12.9. The number of aromatic nitrogens is 1. The molecule has 0 saturated heterocycles. The average Bonchev–Trinajstić information content (AvgIpc) is 3.00. The summed E-state index contributed by atoms with van der Waals surface area (Å²) in [5.41, 5.74) is 2.44. The maximum Gasteiger partial charge on any atom is 0.179 e. The van der Waals surface area contributed by atoms with Crippen molar-refractivity contribution in [3.8, 4) is 11.1 Å². The Morgan fingerprint density at radius 2 is 1.58 bits per heavy atom. The van der Waals surface area contributed by atoms with Gasteiger partial charge in [0.15, 0.2) is 5.82 Å². The molecule has 0 radical (unpaired) electrons. The molecule has 19 heavy (non-hydrogen) atoms. The lowest BCUT2D eigenvalue weighted by atomic mass is 10.1. The van der Waals surface area contributed by atoms with Crippen molar-refractivity contribution in [1.29, 1.82) is 0 Å². The summed E-state index contributed by atoms with van der Waals surface area (Å²) >= 11 is 1.51. The second kappa shape index (κ2) is 5.63. The molecule has 0 atom stereocenters. The van der Waals surface area contributed by atoms with Crippen LogP contribution in [-0.4, -0.2) is 5.16 Å². The Kier molecular flexibility index (Phi) is 3.51. The minimum Gasteiger partial charge on any atom is -0.363 e. The summed E-state index contributed by atoms with van der Waals surface area (Å²) in [7, 11) is 0. The maximum atomic E-state index is 4.75. The lowest BCUT2D eigenvalue weighted by Gasteiger charge is -2.04. The first-order chi connectivity index (χ1) is 9.42. The molecule has 0 fully saturated rings. The van der Waals surface area contributed by atoms with Crippen LogP contribution in [0, 0.1) is 0 Å². The van der Waals surface area contributed by atoms with Crippen LogP contribution < -0.4 is 4.72 Å². The van der Waals surface area contributed by atoms with Crippen LogP contribution in [0.1, 0.15) is 0 Å². The van der Waals surface area contributed by atoms with E-state index in [0.717, 1.165) is 10.7 Å². The molecule has 0 spiro atoms. The molecule has 0 aliphatic carbocycles. The van der Waals surface area contributed by atoms with Crippen molar-refractivity contribution in [3.63, 3.8) is 0 Å². The fourth-order valence-electron chi connectivity index (χ4n) is 1.72. The predicted molar refractivity (Wildman–Crippen MR) is 77.9 cm³/mol. The summed E-state index contributed by atoms with van der Waals surface area (Å²) < 4.78 is 7.87. The van der Waals surface area contributed by atoms with Gasteiger partial charge in [0, 0.05) is 11.0 Å². The Labute approximate surface area is 115 Å². The van der Waals surface area contributed by atoms with Gasteiger partial charge in [0.25, 0.3) is 0 Å². The van der Waals surface area contributed by atoms with Gasteiger partial charge in [-0.25, -0.2) is 0 Å². The summed E-state index contributed by atoms with van der Waals surface area (Å²) in [6.07, 6.45) is 1.54. The van der Waals surface area contributed by atoms with Gasteiger partial charge in [0.2, 0.25) is 0 Å². The van der Waals surface area contributed by atoms with E-state index in [4.69, 9.17) is 4.52 Å².